The monoisotopic (exact) mass is 266 g/mol. The fourth-order valence-electron chi connectivity index (χ4n) is 2.11. The van der Waals surface area contributed by atoms with Crippen molar-refractivity contribution in [1.82, 2.24) is 10.2 Å². The molecule has 1 atom stereocenters. The molecular weight excluding hydrogens is 247 g/mol. The summed E-state index contributed by atoms with van der Waals surface area (Å²) >= 11 is 0. The zero-order valence-electron chi connectivity index (χ0n) is 11.3. The molecule has 1 aromatic rings. The van der Waals surface area contributed by atoms with Crippen LogP contribution in [0.2, 0.25) is 0 Å². The molecule has 1 aliphatic heterocycles. The number of carbonyl (C=O) groups excluding carboxylic acids is 1. The summed E-state index contributed by atoms with van der Waals surface area (Å²) in [6, 6.07) is 4.90. The van der Waals surface area contributed by atoms with Gasteiger partial charge in [-0.3, -0.25) is 4.79 Å². The van der Waals surface area contributed by atoms with E-state index >= 15 is 0 Å². The standard InChI is InChI=1S/C14H19FN2O2/c1-10-3-4-12(15)13(7-10)19-9-14(18)17-6-5-16-11(2)8-17/h3-4,7,11,16H,5-6,8-9H2,1-2H3/t11-/m1/s1. The Bertz CT molecular complexity index is 465. The number of hydrogen-bond donors (Lipinski definition) is 1. The summed E-state index contributed by atoms with van der Waals surface area (Å²) in [6.07, 6.45) is 0. The first-order valence-corrected chi connectivity index (χ1v) is 6.46. The van der Waals surface area contributed by atoms with Crippen molar-refractivity contribution in [2.45, 2.75) is 19.9 Å². The first kappa shape index (κ1) is 13.8. The SMILES string of the molecule is Cc1ccc(F)c(OCC(=O)N2CCN[C@H](C)C2)c1. The zero-order valence-corrected chi connectivity index (χ0v) is 11.3. The summed E-state index contributed by atoms with van der Waals surface area (Å²) < 4.78 is 18.7. The zero-order chi connectivity index (χ0) is 13.8. The Labute approximate surface area is 112 Å². The van der Waals surface area contributed by atoms with Gasteiger partial charge in [-0.15, -0.1) is 0 Å². The molecule has 1 aromatic carbocycles. The van der Waals surface area contributed by atoms with E-state index in [0.29, 0.717) is 13.1 Å². The number of nitrogens with zero attached hydrogens (tertiary/aromatic N) is 1. The maximum atomic E-state index is 13.5. The lowest BCUT2D eigenvalue weighted by atomic mass is 10.2. The number of amides is 1. The van der Waals surface area contributed by atoms with Crippen LogP contribution in [0.15, 0.2) is 18.2 Å². The quantitative estimate of drug-likeness (QED) is 0.897. The van der Waals surface area contributed by atoms with Crippen molar-refractivity contribution in [2.75, 3.05) is 26.2 Å². The van der Waals surface area contributed by atoms with Gasteiger partial charge in [-0.25, -0.2) is 4.39 Å². The lowest BCUT2D eigenvalue weighted by Crippen LogP contribution is -2.52. The van der Waals surface area contributed by atoms with E-state index in [-0.39, 0.29) is 24.3 Å². The number of ether oxygens (including phenoxy) is 1. The topological polar surface area (TPSA) is 41.6 Å². The van der Waals surface area contributed by atoms with Crippen molar-refractivity contribution in [2.24, 2.45) is 0 Å². The number of piperazine rings is 1. The van der Waals surface area contributed by atoms with Crippen molar-refractivity contribution < 1.29 is 13.9 Å². The molecule has 104 valence electrons. The second-order valence-corrected chi connectivity index (χ2v) is 4.92. The predicted molar refractivity (Wildman–Crippen MR) is 70.7 cm³/mol. The summed E-state index contributed by atoms with van der Waals surface area (Å²) in [4.78, 5) is 13.7. The second kappa shape index (κ2) is 6.02. The van der Waals surface area contributed by atoms with E-state index in [4.69, 9.17) is 4.74 Å². The highest BCUT2D eigenvalue weighted by Crippen LogP contribution is 2.18. The Morgan fingerprint density at radius 2 is 2.37 bits per heavy atom. The number of aryl methyl sites for hydroxylation is 1. The number of hydrogen-bond acceptors (Lipinski definition) is 3. The smallest absolute Gasteiger partial charge is 0.260 e. The van der Waals surface area contributed by atoms with Crippen LogP contribution in [0, 0.1) is 12.7 Å². The van der Waals surface area contributed by atoms with Crippen LogP contribution in [-0.4, -0.2) is 43.1 Å². The molecule has 0 radical (unpaired) electrons. The van der Waals surface area contributed by atoms with Crippen LogP contribution in [-0.2, 0) is 4.79 Å². The van der Waals surface area contributed by atoms with Gasteiger partial charge in [-0.2, -0.15) is 0 Å². The van der Waals surface area contributed by atoms with Crippen LogP contribution in [0.5, 0.6) is 5.75 Å². The van der Waals surface area contributed by atoms with Crippen LogP contribution in [0.3, 0.4) is 0 Å². The summed E-state index contributed by atoms with van der Waals surface area (Å²) in [5, 5.41) is 3.26. The van der Waals surface area contributed by atoms with Crippen molar-refractivity contribution in [3.8, 4) is 5.75 Å². The van der Waals surface area contributed by atoms with Crippen LogP contribution in [0.25, 0.3) is 0 Å². The number of carbonyl (C=O) groups is 1. The van der Waals surface area contributed by atoms with Gasteiger partial charge in [0, 0.05) is 25.7 Å². The maximum absolute atomic E-state index is 13.5. The Morgan fingerprint density at radius 1 is 1.58 bits per heavy atom. The lowest BCUT2D eigenvalue weighted by Gasteiger charge is -2.31. The molecule has 1 fully saturated rings. The molecule has 4 nitrogen and oxygen atoms in total. The largest absolute Gasteiger partial charge is 0.481 e. The van der Waals surface area contributed by atoms with Gasteiger partial charge in [0.25, 0.3) is 5.91 Å². The highest BCUT2D eigenvalue weighted by Gasteiger charge is 2.20. The molecule has 0 unspecified atom stereocenters. The third-order valence-electron chi connectivity index (χ3n) is 3.16. The average Bonchev–Trinajstić information content (AvgIpc) is 2.39. The van der Waals surface area contributed by atoms with E-state index in [1.807, 2.05) is 13.8 Å². The maximum Gasteiger partial charge on any atom is 0.260 e. The number of halogens is 1. The third-order valence-corrected chi connectivity index (χ3v) is 3.16. The minimum Gasteiger partial charge on any atom is -0.481 e. The summed E-state index contributed by atoms with van der Waals surface area (Å²) in [7, 11) is 0. The highest BCUT2D eigenvalue weighted by atomic mass is 19.1. The van der Waals surface area contributed by atoms with Gasteiger partial charge in [0.1, 0.15) is 0 Å². The molecule has 0 spiro atoms. The Hall–Kier alpha value is -1.62. The normalized spacial score (nSPS) is 19.3. The van der Waals surface area contributed by atoms with Crippen LogP contribution in [0.1, 0.15) is 12.5 Å². The van der Waals surface area contributed by atoms with Crippen molar-refractivity contribution in [3.63, 3.8) is 0 Å². The van der Waals surface area contributed by atoms with Crippen molar-refractivity contribution in [3.05, 3.63) is 29.6 Å². The second-order valence-electron chi connectivity index (χ2n) is 4.92. The average molecular weight is 266 g/mol. The van der Waals surface area contributed by atoms with Gasteiger partial charge in [0.05, 0.1) is 0 Å². The molecule has 5 heteroatoms. The van der Waals surface area contributed by atoms with E-state index in [1.165, 1.54) is 6.07 Å². The molecular formula is C14H19FN2O2. The molecule has 1 saturated heterocycles. The van der Waals surface area contributed by atoms with E-state index in [1.54, 1.807) is 17.0 Å². The fourth-order valence-corrected chi connectivity index (χ4v) is 2.11. The first-order chi connectivity index (χ1) is 9.06. The van der Waals surface area contributed by atoms with Gasteiger partial charge in [-0.1, -0.05) is 6.07 Å². The van der Waals surface area contributed by atoms with E-state index < -0.39 is 5.82 Å². The van der Waals surface area contributed by atoms with Crippen molar-refractivity contribution in [1.29, 1.82) is 0 Å². The van der Waals surface area contributed by atoms with Gasteiger partial charge < -0.3 is 15.0 Å². The van der Waals surface area contributed by atoms with Gasteiger partial charge in [-0.05, 0) is 31.5 Å². The van der Waals surface area contributed by atoms with Crippen LogP contribution >= 0.6 is 0 Å². The molecule has 0 bridgehead atoms. The van der Waals surface area contributed by atoms with Gasteiger partial charge >= 0.3 is 0 Å². The molecule has 1 amide bonds. The molecule has 0 aromatic heterocycles. The third kappa shape index (κ3) is 3.67. The van der Waals surface area contributed by atoms with Gasteiger partial charge in [0.15, 0.2) is 18.2 Å². The van der Waals surface area contributed by atoms with E-state index in [2.05, 4.69) is 5.32 Å². The van der Waals surface area contributed by atoms with E-state index in [0.717, 1.165) is 12.1 Å². The Balaban J connectivity index is 1.91. The van der Waals surface area contributed by atoms with Crippen molar-refractivity contribution >= 4 is 5.91 Å². The molecule has 1 N–H and O–H groups in total. The Morgan fingerprint density at radius 3 is 3.11 bits per heavy atom. The number of nitrogens with one attached hydrogen (secondary N) is 1. The van der Waals surface area contributed by atoms with Crippen LogP contribution in [0.4, 0.5) is 4.39 Å². The van der Waals surface area contributed by atoms with Gasteiger partial charge in [0.2, 0.25) is 0 Å². The first-order valence-electron chi connectivity index (χ1n) is 6.46. The molecule has 0 aliphatic carbocycles. The Kier molecular flexibility index (Phi) is 4.37. The molecule has 2 rings (SSSR count). The lowest BCUT2D eigenvalue weighted by molar-refractivity contribution is -0.134. The summed E-state index contributed by atoms with van der Waals surface area (Å²) in [6.45, 7) is 5.88. The molecule has 1 aliphatic rings. The van der Waals surface area contributed by atoms with Crippen LogP contribution < -0.4 is 10.1 Å². The number of rotatable bonds is 3. The molecule has 1 heterocycles. The predicted octanol–water partition coefficient (Wildman–Crippen LogP) is 1.33. The highest BCUT2D eigenvalue weighted by molar-refractivity contribution is 5.78. The number of benzene rings is 1. The summed E-state index contributed by atoms with van der Waals surface area (Å²) in [5.41, 5.74) is 0.902. The summed E-state index contributed by atoms with van der Waals surface area (Å²) in [5.74, 6) is -0.405. The minimum absolute atomic E-state index is 0.103. The molecule has 0 saturated carbocycles. The van der Waals surface area contributed by atoms with E-state index in [9.17, 15) is 9.18 Å². The minimum atomic E-state index is -0.438. The fraction of sp³-hybridized carbons (Fsp3) is 0.500. The molecule has 19 heavy (non-hydrogen) atoms.